The minimum absolute atomic E-state index is 0.0460. The van der Waals surface area contributed by atoms with Crippen LogP contribution >= 0.6 is 0 Å². The second-order valence-corrected chi connectivity index (χ2v) is 6.72. The minimum atomic E-state index is -0.456. The van der Waals surface area contributed by atoms with E-state index >= 15 is 0 Å². The predicted octanol–water partition coefficient (Wildman–Crippen LogP) is 0.188. The van der Waals surface area contributed by atoms with Gasteiger partial charge in [-0.1, -0.05) is 0 Å². The third-order valence-electron chi connectivity index (χ3n) is 4.95. The highest BCUT2D eigenvalue weighted by atomic mass is 16.3. The van der Waals surface area contributed by atoms with Crippen LogP contribution in [0.15, 0.2) is 24.5 Å². The van der Waals surface area contributed by atoms with Gasteiger partial charge in [0, 0.05) is 50.1 Å². The van der Waals surface area contributed by atoms with Crippen LogP contribution in [0.5, 0.6) is 0 Å². The fourth-order valence-corrected chi connectivity index (χ4v) is 3.44. The van der Waals surface area contributed by atoms with E-state index in [1.165, 1.54) is 0 Å². The first-order valence-electron chi connectivity index (χ1n) is 8.83. The molecule has 2 aromatic rings. The Hall–Kier alpha value is -2.58. The van der Waals surface area contributed by atoms with Crippen molar-refractivity contribution in [1.82, 2.24) is 25.2 Å². The summed E-state index contributed by atoms with van der Waals surface area (Å²) in [5.74, 6) is 1.39. The third kappa shape index (κ3) is 3.25. The molecule has 0 bridgehead atoms. The van der Waals surface area contributed by atoms with Gasteiger partial charge in [0.2, 0.25) is 5.91 Å². The van der Waals surface area contributed by atoms with Gasteiger partial charge in [-0.15, -0.1) is 0 Å². The van der Waals surface area contributed by atoms with E-state index < -0.39 is 6.10 Å². The molecule has 0 aliphatic carbocycles. The van der Waals surface area contributed by atoms with Gasteiger partial charge in [0.1, 0.15) is 5.82 Å². The van der Waals surface area contributed by atoms with Crippen LogP contribution in [0.2, 0.25) is 0 Å². The van der Waals surface area contributed by atoms with Crippen LogP contribution in [0.25, 0.3) is 11.4 Å². The fraction of sp³-hybridized carbons (Fsp3) is 0.444. The second-order valence-electron chi connectivity index (χ2n) is 6.72. The molecular weight excluding hydrogens is 332 g/mol. The number of hydrogen-bond donors (Lipinski definition) is 3. The molecule has 1 fully saturated rings. The highest BCUT2D eigenvalue weighted by Gasteiger charge is 2.29. The van der Waals surface area contributed by atoms with Crippen molar-refractivity contribution in [2.45, 2.75) is 32.0 Å². The molecule has 0 spiro atoms. The van der Waals surface area contributed by atoms with Crippen LogP contribution in [0.3, 0.4) is 0 Å². The molecule has 0 aromatic carbocycles. The smallest absolute Gasteiger partial charge is 0.219 e. The number of aliphatic hydroxyl groups excluding tert-OH is 1. The molecular formula is C18H22N6O2. The van der Waals surface area contributed by atoms with Crippen molar-refractivity contribution in [1.29, 1.82) is 0 Å². The molecule has 0 saturated carbocycles. The minimum Gasteiger partial charge on any atom is -0.390 e. The van der Waals surface area contributed by atoms with E-state index in [0.717, 1.165) is 22.6 Å². The van der Waals surface area contributed by atoms with Crippen LogP contribution in [0.1, 0.15) is 18.2 Å². The van der Waals surface area contributed by atoms with Crippen LogP contribution in [0, 0.1) is 0 Å². The molecule has 3 N–H and O–H groups in total. The first-order chi connectivity index (χ1) is 12.6. The van der Waals surface area contributed by atoms with Crippen LogP contribution < -0.4 is 10.6 Å². The van der Waals surface area contributed by atoms with Crippen molar-refractivity contribution in [3.05, 3.63) is 35.8 Å². The van der Waals surface area contributed by atoms with Gasteiger partial charge in [0.05, 0.1) is 24.4 Å². The maximum absolute atomic E-state index is 11.8. The number of anilines is 1. The maximum Gasteiger partial charge on any atom is 0.219 e. The second kappa shape index (κ2) is 6.97. The molecule has 2 aliphatic heterocycles. The van der Waals surface area contributed by atoms with E-state index in [1.54, 1.807) is 24.2 Å². The van der Waals surface area contributed by atoms with E-state index in [2.05, 4.69) is 15.6 Å². The molecule has 0 radical (unpaired) electrons. The lowest BCUT2D eigenvalue weighted by Crippen LogP contribution is -2.37. The molecule has 2 aromatic heterocycles. The number of nitrogens with one attached hydrogen (secondary N) is 2. The number of amides is 1. The number of β-amino-alcohol motifs (C(OH)–C–C–N with tert-alkyl or cyclic N) is 1. The zero-order valence-corrected chi connectivity index (χ0v) is 14.6. The van der Waals surface area contributed by atoms with Crippen molar-refractivity contribution in [2.24, 2.45) is 0 Å². The first kappa shape index (κ1) is 16.9. The van der Waals surface area contributed by atoms with Crippen molar-refractivity contribution in [3.8, 4) is 11.4 Å². The number of hydrogen-bond acceptors (Lipinski definition) is 7. The largest absolute Gasteiger partial charge is 0.390 e. The predicted molar refractivity (Wildman–Crippen MR) is 96.3 cm³/mol. The maximum atomic E-state index is 11.8. The lowest BCUT2D eigenvalue weighted by molar-refractivity contribution is -0.129. The summed E-state index contributed by atoms with van der Waals surface area (Å²) in [4.78, 5) is 27.1. The number of rotatable bonds is 3. The van der Waals surface area contributed by atoms with Gasteiger partial charge in [-0.2, -0.15) is 0 Å². The number of carbonyl (C=O) groups excluding carboxylic acids is 1. The van der Waals surface area contributed by atoms with Crippen molar-refractivity contribution < 1.29 is 9.90 Å². The molecule has 8 nitrogen and oxygen atoms in total. The number of carbonyl (C=O) groups is 1. The highest BCUT2D eigenvalue weighted by molar-refractivity contribution is 5.74. The summed E-state index contributed by atoms with van der Waals surface area (Å²) in [6.45, 7) is 3.96. The van der Waals surface area contributed by atoms with Gasteiger partial charge >= 0.3 is 0 Å². The summed E-state index contributed by atoms with van der Waals surface area (Å²) in [6.07, 6.45) is 3.65. The standard InChI is InChI=1S/C18H22N6O2/c1-11(25)24-7-4-13-15(10-24)22-17(12-2-5-19-6-3-12)23-18(13)21-14-8-20-9-16(14)26/h2-3,5-6,14,16,20,26H,4,7-10H2,1H3,(H,21,22,23)/t14-,16-/m1/s1. The summed E-state index contributed by atoms with van der Waals surface area (Å²) in [5.41, 5.74) is 2.76. The fourth-order valence-electron chi connectivity index (χ4n) is 3.44. The number of aromatic nitrogens is 3. The van der Waals surface area contributed by atoms with E-state index in [1.807, 2.05) is 12.1 Å². The molecule has 1 saturated heterocycles. The van der Waals surface area contributed by atoms with Gasteiger partial charge in [0.15, 0.2) is 5.82 Å². The highest BCUT2D eigenvalue weighted by Crippen LogP contribution is 2.28. The Kier molecular flexibility index (Phi) is 4.52. The molecule has 8 heteroatoms. The zero-order chi connectivity index (χ0) is 18.1. The molecule has 4 heterocycles. The van der Waals surface area contributed by atoms with E-state index in [9.17, 15) is 9.90 Å². The molecule has 26 heavy (non-hydrogen) atoms. The molecule has 1 amide bonds. The van der Waals surface area contributed by atoms with Gasteiger partial charge in [-0.25, -0.2) is 9.97 Å². The summed E-state index contributed by atoms with van der Waals surface area (Å²) >= 11 is 0. The number of aliphatic hydroxyl groups is 1. The van der Waals surface area contributed by atoms with Gasteiger partial charge in [-0.3, -0.25) is 9.78 Å². The molecule has 136 valence electrons. The molecule has 0 unspecified atom stereocenters. The monoisotopic (exact) mass is 354 g/mol. The Labute approximate surface area is 151 Å². The Morgan fingerprint density at radius 2 is 2.12 bits per heavy atom. The summed E-state index contributed by atoms with van der Waals surface area (Å²) in [5, 5.41) is 16.7. The van der Waals surface area contributed by atoms with Gasteiger partial charge in [0.25, 0.3) is 0 Å². The van der Waals surface area contributed by atoms with Crippen LogP contribution in [-0.2, 0) is 17.8 Å². The van der Waals surface area contributed by atoms with Crippen molar-refractivity contribution in [3.63, 3.8) is 0 Å². The van der Waals surface area contributed by atoms with Crippen molar-refractivity contribution in [2.75, 3.05) is 25.0 Å². The average Bonchev–Trinajstić information content (AvgIpc) is 3.06. The Bertz CT molecular complexity index is 813. The normalized spacial score (nSPS) is 22.2. The SMILES string of the molecule is CC(=O)N1CCc2c(nc(-c3ccncc3)nc2N[C@@H]2CNC[C@H]2O)C1. The zero-order valence-electron chi connectivity index (χ0n) is 14.6. The van der Waals surface area contributed by atoms with Gasteiger partial charge in [-0.05, 0) is 18.6 Å². The average molecular weight is 354 g/mol. The number of nitrogens with zero attached hydrogens (tertiary/aromatic N) is 4. The third-order valence-corrected chi connectivity index (χ3v) is 4.95. The Morgan fingerprint density at radius 1 is 1.31 bits per heavy atom. The lowest BCUT2D eigenvalue weighted by atomic mass is 10.0. The van der Waals surface area contributed by atoms with Crippen LogP contribution in [-0.4, -0.2) is 62.6 Å². The van der Waals surface area contributed by atoms with Gasteiger partial charge < -0.3 is 20.6 Å². The summed E-state index contributed by atoms with van der Waals surface area (Å²) in [7, 11) is 0. The number of pyridine rings is 1. The quantitative estimate of drug-likeness (QED) is 0.723. The van der Waals surface area contributed by atoms with Crippen LogP contribution in [0.4, 0.5) is 5.82 Å². The van der Waals surface area contributed by atoms with Crippen molar-refractivity contribution >= 4 is 11.7 Å². The van der Waals surface area contributed by atoms with E-state index in [-0.39, 0.29) is 11.9 Å². The molecule has 2 atom stereocenters. The number of fused-ring (bicyclic) bond motifs is 1. The van der Waals surface area contributed by atoms with E-state index in [0.29, 0.717) is 38.4 Å². The first-order valence-corrected chi connectivity index (χ1v) is 8.83. The summed E-state index contributed by atoms with van der Waals surface area (Å²) in [6, 6.07) is 3.64. The molecule has 4 rings (SSSR count). The summed E-state index contributed by atoms with van der Waals surface area (Å²) < 4.78 is 0. The van der Waals surface area contributed by atoms with E-state index in [4.69, 9.17) is 9.97 Å². The Morgan fingerprint density at radius 3 is 2.81 bits per heavy atom. The molecule has 2 aliphatic rings. The Balaban J connectivity index is 1.74. The lowest BCUT2D eigenvalue weighted by Gasteiger charge is -2.29. The topological polar surface area (TPSA) is 103 Å².